The number of aryl methyl sites for hydroxylation is 3. The molecule has 4 aromatic rings. The number of nitrogens with two attached hydrogens (primary N) is 1. The Hall–Kier alpha value is -3.88. The molecule has 9 nitrogen and oxygen atoms in total. The third-order valence-electron chi connectivity index (χ3n) is 5.85. The van der Waals surface area contributed by atoms with E-state index in [1.165, 1.54) is 24.6 Å². The Morgan fingerprint density at radius 3 is 2.37 bits per heavy atom. The molecular formula is C23H22F5N7O2S. The summed E-state index contributed by atoms with van der Waals surface area (Å²) in [5, 5.41) is 10.6. The number of aromatic nitrogens is 5. The zero-order valence-electron chi connectivity index (χ0n) is 20.5. The average Bonchev–Trinajstić information content (AvgIpc) is 3.47. The van der Waals surface area contributed by atoms with Gasteiger partial charge in [0.2, 0.25) is 5.91 Å². The second-order valence-electron chi connectivity index (χ2n) is 8.79. The van der Waals surface area contributed by atoms with Gasteiger partial charge >= 0.3 is 6.18 Å². The van der Waals surface area contributed by atoms with Gasteiger partial charge in [-0.1, -0.05) is 6.92 Å². The number of rotatable bonds is 7. The van der Waals surface area contributed by atoms with Gasteiger partial charge in [0, 0.05) is 29.9 Å². The van der Waals surface area contributed by atoms with Crippen LogP contribution in [0.5, 0.6) is 0 Å². The fourth-order valence-electron chi connectivity index (χ4n) is 4.02. The molecule has 0 aliphatic rings. The van der Waals surface area contributed by atoms with Crippen LogP contribution in [0.3, 0.4) is 0 Å². The van der Waals surface area contributed by atoms with Crippen LogP contribution >= 0.6 is 11.3 Å². The first-order chi connectivity index (χ1) is 17.7. The van der Waals surface area contributed by atoms with Crippen LogP contribution in [0.4, 0.5) is 27.6 Å². The third-order valence-corrected chi connectivity index (χ3v) is 6.95. The molecule has 0 fully saturated rings. The number of carbonyl (C=O) groups excluding carboxylic acids is 2. The fraction of sp³-hybridized carbons (Fsp3) is 0.348. The standard InChI is InChI=1S/C23H22F5N7O2S/c1-9(7-35-10(2)5-15(33-35)23(26,27)28)21(37)31-17-16-12(13-8-34(4)32-11(13)3)6-14(19(24)25)30-22(16)38-18(17)20(29)36/h5-6,8-9,19H,7H2,1-4H3,(H2,29,36)(H,31,37). The lowest BCUT2D eigenvalue weighted by Crippen LogP contribution is -2.26. The van der Waals surface area contributed by atoms with E-state index in [0.29, 0.717) is 11.3 Å². The summed E-state index contributed by atoms with van der Waals surface area (Å²) < 4.78 is 69.0. The molecule has 0 saturated heterocycles. The second kappa shape index (κ2) is 9.78. The number of anilines is 1. The van der Waals surface area contributed by atoms with Crippen LogP contribution in [0.2, 0.25) is 0 Å². The summed E-state index contributed by atoms with van der Waals surface area (Å²) in [4.78, 5) is 29.4. The van der Waals surface area contributed by atoms with Gasteiger partial charge in [-0.2, -0.15) is 23.4 Å². The quantitative estimate of drug-likeness (QED) is 0.316. The van der Waals surface area contributed by atoms with Gasteiger partial charge in [0.15, 0.2) is 5.69 Å². The lowest BCUT2D eigenvalue weighted by atomic mass is 10.0. The first kappa shape index (κ1) is 27.2. The molecule has 4 heterocycles. The van der Waals surface area contributed by atoms with Crippen molar-refractivity contribution in [1.29, 1.82) is 0 Å². The molecule has 0 saturated carbocycles. The molecule has 4 rings (SSSR count). The average molecular weight is 556 g/mol. The van der Waals surface area contributed by atoms with E-state index in [9.17, 15) is 31.5 Å². The van der Waals surface area contributed by atoms with E-state index in [1.54, 1.807) is 20.2 Å². The minimum absolute atomic E-state index is 0.0194. The summed E-state index contributed by atoms with van der Waals surface area (Å²) in [7, 11) is 1.65. The van der Waals surface area contributed by atoms with Crippen molar-refractivity contribution in [2.24, 2.45) is 18.7 Å². The zero-order chi connectivity index (χ0) is 28.1. The van der Waals surface area contributed by atoms with Crippen LogP contribution < -0.4 is 11.1 Å². The molecule has 15 heteroatoms. The van der Waals surface area contributed by atoms with Gasteiger partial charge in [-0.05, 0) is 31.5 Å². The molecule has 3 N–H and O–H groups in total. The van der Waals surface area contributed by atoms with Gasteiger partial charge < -0.3 is 11.1 Å². The van der Waals surface area contributed by atoms with Gasteiger partial charge in [-0.3, -0.25) is 19.0 Å². The molecular weight excluding hydrogens is 533 g/mol. The lowest BCUT2D eigenvalue weighted by Gasteiger charge is -2.15. The molecule has 38 heavy (non-hydrogen) atoms. The second-order valence-corrected chi connectivity index (χ2v) is 9.79. The normalized spacial score (nSPS) is 12.9. The smallest absolute Gasteiger partial charge is 0.365 e. The Kier molecular flexibility index (Phi) is 6.99. The topological polar surface area (TPSA) is 121 Å². The number of halogens is 5. The van der Waals surface area contributed by atoms with Crippen LogP contribution in [-0.4, -0.2) is 36.4 Å². The molecule has 0 aliphatic heterocycles. The van der Waals surface area contributed by atoms with Crippen molar-refractivity contribution in [3.8, 4) is 11.1 Å². The van der Waals surface area contributed by atoms with Gasteiger partial charge in [-0.25, -0.2) is 13.8 Å². The summed E-state index contributed by atoms with van der Waals surface area (Å²) in [6.07, 6.45) is -5.95. The van der Waals surface area contributed by atoms with E-state index in [-0.39, 0.29) is 38.6 Å². The van der Waals surface area contributed by atoms with E-state index in [2.05, 4.69) is 20.5 Å². The number of hydrogen-bond donors (Lipinski definition) is 2. The minimum atomic E-state index is -4.64. The van der Waals surface area contributed by atoms with Crippen molar-refractivity contribution in [2.75, 3.05) is 5.32 Å². The Balaban J connectivity index is 1.78. The molecule has 1 unspecified atom stereocenters. The first-order valence-electron chi connectivity index (χ1n) is 11.2. The SMILES string of the molecule is Cc1nn(C)cc1-c1cc(C(F)F)nc2sc(C(N)=O)c(NC(=O)C(C)Cn3nc(C(F)(F)F)cc3C)c12. The lowest BCUT2D eigenvalue weighted by molar-refractivity contribution is -0.141. The Bertz CT molecular complexity index is 1550. The van der Waals surface area contributed by atoms with Crippen molar-refractivity contribution in [1.82, 2.24) is 24.5 Å². The van der Waals surface area contributed by atoms with E-state index in [4.69, 9.17) is 5.73 Å². The van der Waals surface area contributed by atoms with Gasteiger partial charge in [0.05, 0.1) is 23.8 Å². The molecule has 0 spiro atoms. The molecule has 0 aliphatic carbocycles. The summed E-state index contributed by atoms with van der Waals surface area (Å²) in [6.45, 7) is 4.39. The molecule has 202 valence electrons. The Morgan fingerprint density at radius 2 is 1.84 bits per heavy atom. The van der Waals surface area contributed by atoms with Gasteiger partial charge in [0.25, 0.3) is 12.3 Å². The van der Waals surface area contributed by atoms with Crippen LogP contribution in [0.1, 0.15) is 45.8 Å². The number of hydrogen-bond acceptors (Lipinski definition) is 6. The molecule has 0 bridgehead atoms. The highest BCUT2D eigenvalue weighted by molar-refractivity contribution is 7.21. The van der Waals surface area contributed by atoms with E-state index < -0.39 is 41.7 Å². The zero-order valence-corrected chi connectivity index (χ0v) is 21.3. The Morgan fingerprint density at radius 1 is 1.16 bits per heavy atom. The van der Waals surface area contributed by atoms with Crippen molar-refractivity contribution in [3.63, 3.8) is 0 Å². The number of nitrogens with zero attached hydrogens (tertiary/aromatic N) is 5. The molecule has 1 atom stereocenters. The van der Waals surface area contributed by atoms with Crippen LogP contribution in [0, 0.1) is 19.8 Å². The number of nitrogens with one attached hydrogen (secondary N) is 1. The molecule has 0 radical (unpaired) electrons. The van der Waals surface area contributed by atoms with Crippen molar-refractivity contribution in [3.05, 3.63) is 46.0 Å². The maximum atomic E-state index is 13.7. The number of alkyl halides is 5. The maximum absolute atomic E-state index is 13.7. The number of carbonyl (C=O) groups is 2. The largest absolute Gasteiger partial charge is 0.435 e. The van der Waals surface area contributed by atoms with Gasteiger partial charge in [0.1, 0.15) is 15.4 Å². The van der Waals surface area contributed by atoms with Crippen molar-refractivity contribution < 1.29 is 31.5 Å². The van der Waals surface area contributed by atoms with Gasteiger partial charge in [-0.15, -0.1) is 11.3 Å². The number of pyridine rings is 1. The molecule has 4 aromatic heterocycles. The number of fused-ring (bicyclic) bond motifs is 1. The number of amides is 2. The number of primary amides is 1. The third kappa shape index (κ3) is 5.10. The van der Waals surface area contributed by atoms with Crippen molar-refractivity contribution >= 4 is 39.1 Å². The van der Waals surface area contributed by atoms with Crippen LogP contribution in [0.15, 0.2) is 18.3 Å². The highest BCUT2D eigenvalue weighted by atomic mass is 32.1. The van der Waals surface area contributed by atoms with Crippen molar-refractivity contribution in [2.45, 2.75) is 39.9 Å². The monoisotopic (exact) mass is 555 g/mol. The summed E-state index contributed by atoms with van der Waals surface area (Å²) >= 11 is 0.748. The summed E-state index contributed by atoms with van der Waals surface area (Å²) in [5.41, 5.74) is 5.36. The van der Waals surface area contributed by atoms with E-state index >= 15 is 0 Å². The fourth-order valence-corrected chi connectivity index (χ4v) is 5.03. The van der Waals surface area contributed by atoms with E-state index in [0.717, 1.165) is 22.1 Å². The number of thiophene rings is 1. The maximum Gasteiger partial charge on any atom is 0.435 e. The predicted octanol–water partition coefficient (Wildman–Crippen LogP) is 4.84. The molecule has 2 amide bonds. The highest BCUT2D eigenvalue weighted by Gasteiger charge is 2.35. The summed E-state index contributed by atoms with van der Waals surface area (Å²) in [6, 6.07) is 2.04. The van der Waals surface area contributed by atoms with E-state index in [1.807, 2.05) is 0 Å². The summed E-state index contributed by atoms with van der Waals surface area (Å²) in [5.74, 6) is -2.47. The predicted molar refractivity (Wildman–Crippen MR) is 130 cm³/mol. The van der Waals surface area contributed by atoms with Crippen LogP contribution in [-0.2, 0) is 24.6 Å². The highest BCUT2D eigenvalue weighted by Crippen LogP contribution is 2.43. The minimum Gasteiger partial charge on any atom is -0.365 e. The first-order valence-corrected chi connectivity index (χ1v) is 12.0. The molecule has 0 aromatic carbocycles. The van der Waals surface area contributed by atoms with Crippen LogP contribution in [0.25, 0.3) is 21.3 Å². The Labute approximate surface area is 216 Å².